The van der Waals surface area contributed by atoms with Crippen LogP contribution in [0.1, 0.15) is 11.3 Å². The minimum absolute atomic E-state index is 0.799. The Hall–Kier alpha value is -1.87. The Labute approximate surface area is 108 Å². The van der Waals surface area contributed by atoms with Crippen LogP contribution in [0.25, 0.3) is 0 Å². The topological polar surface area (TPSA) is 28.2 Å². The van der Waals surface area contributed by atoms with Crippen molar-refractivity contribution in [2.75, 3.05) is 19.0 Å². The van der Waals surface area contributed by atoms with Gasteiger partial charge >= 0.3 is 0 Å². The maximum atomic E-state index is 4.62. The van der Waals surface area contributed by atoms with Crippen LogP contribution in [0, 0.1) is 0 Å². The standard InChI is InChI=1S/C15H19N3/c1-16-11-14-9-6-10-15(17-14)18(2)12-13-7-4-3-5-8-13/h3-10,16H,11-12H2,1-2H3. The first-order valence-corrected chi connectivity index (χ1v) is 6.15. The number of hydrogen-bond donors (Lipinski definition) is 1. The number of pyridine rings is 1. The highest BCUT2D eigenvalue weighted by Gasteiger charge is 2.04. The summed E-state index contributed by atoms with van der Waals surface area (Å²) in [5, 5.41) is 3.12. The van der Waals surface area contributed by atoms with E-state index in [1.807, 2.05) is 25.2 Å². The van der Waals surface area contributed by atoms with Crippen molar-refractivity contribution in [3.05, 3.63) is 59.8 Å². The molecule has 0 saturated carbocycles. The average Bonchev–Trinajstić information content (AvgIpc) is 2.40. The molecule has 0 aliphatic heterocycles. The lowest BCUT2D eigenvalue weighted by molar-refractivity contribution is 0.783. The minimum Gasteiger partial charge on any atom is -0.355 e. The Morgan fingerprint density at radius 1 is 1.06 bits per heavy atom. The van der Waals surface area contributed by atoms with Crippen LogP contribution in [0.3, 0.4) is 0 Å². The first-order chi connectivity index (χ1) is 8.79. The van der Waals surface area contributed by atoms with Crippen LogP contribution in [0.15, 0.2) is 48.5 Å². The first-order valence-electron chi connectivity index (χ1n) is 6.15. The van der Waals surface area contributed by atoms with Gasteiger partial charge < -0.3 is 10.2 Å². The third-order valence-electron chi connectivity index (χ3n) is 2.80. The molecule has 0 spiro atoms. The lowest BCUT2D eigenvalue weighted by atomic mass is 10.2. The van der Waals surface area contributed by atoms with E-state index in [-0.39, 0.29) is 0 Å². The van der Waals surface area contributed by atoms with Gasteiger partial charge in [0, 0.05) is 20.1 Å². The van der Waals surface area contributed by atoms with Gasteiger partial charge in [-0.25, -0.2) is 4.98 Å². The average molecular weight is 241 g/mol. The van der Waals surface area contributed by atoms with Crippen LogP contribution in [-0.2, 0) is 13.1 Å². The van der Waals surface area contributed by atoms with Crippen molar-refractivity contribution in [1.82, 2.24) is 10.3 Å². The fourth-order valence-corrected chi connectivity index (χ4v) is 1.90. The molecule has 18 heavy (non-hydrogen) atoms. The number of anilines is 1. The number of nitrogens with one attached hydrogen (secondary N) is 1. The van der Waals surface area contributed by atoms with Crippen molar-refractivity contribution < 1.29 is 0 Å². The van der Waals surface area contributed by atoms with E-state index in [1.54, 1.807) is 0 Å². The minimum atomic E-state index is 0.799. The fraction of sp³-hybridized carbons (Fsp3) is 0.267. The predicted molar refractivity (Wildman–Crippen MR) is 75.5 cm³/mol. The highest BCUT2D eigenvalue weighted by atomic mass is 15.2. The zero-order chi connectivity index (χ0) is 12.8. The molecule has 0 aliphatic rings. The van der Waals surface area contributed by atoms with E-state index in [0.717, 1.165) is 24.6 Å². The van der Waals surface area contributed by atoms with Crippen molar-refractivity contribution in [1.29, 1.82) is 0 Å². The van der Waals surface area contributed by atoms with Gasteiger partial charge in [0.2, 0.25) is 0 Å². The summed E-state index contributed by atoms with van der Waals surface area (Å²) in [6, 6.07) is 16.6. The number of nitrogens with zero attached hydrogens (tertiary/aromatic N) is 2. The van der Waals surface area contributed by atoms with Crippen molar-refractivity contribution in [3.8, 4) is 0 Å². The SMILES string of the molecule is CNCc1cccc(N(C)Cc2ccccc2)n1. The molecule has 1 N–H and O–H groups in total. The predicted octanol–water partition coefficient (Wildman–Crippen LogP) is 2.44. The molecule has 0 saturated heterocycles. The Morgan fingerprint density at radius 3 is 2.56 bits per heavy atom. The van der Waals surface area contributed by atoms with Gasteiger partial charge in [0.05, 0.1) is 5.69 Å². The summed E-state index contributed by atoms with van der Waals surface area (Å²) in [7, 11) is 4.00. The smallest absolute Gasteiger partial charge is 0.128 e. The largest absolute Gasteiger partial charge is 0.355 e. The Morgan fingerprint density at radius 2 is 1.83 bits per heavy atom. The number of aromatic nitrogens is 1. The molecule has 0 amide bonds. The Bertz CT molecular complexity index is 482. The maximum Gasteiger partial charge on any atom is 0.128 e. The van der Waals surface area contributed by atoms with Crippen molar-refractivity contribution in [3.63, 3.8) is 0 Å². The van der Waals surface area contributed by atoms with Crippen LogP contribution >= 0.6 is 0 Å². The molecule has 0 radical (unpaired) electrons. The van der Waals surface area contributed by atoms with E-state index < -0.39 is 0 Å². The molecule has 1 aromatic heterocycles. The fourth-order valence-electron chi connectivity index (χ4n) is 1.90. The van der Waals surface area contributed by atoms with Gasteiger partial charge in [-0.15, -0.1) is 0 Å². The van der Waals surface area contributed by atoms with Gasteiger partial charge in [-0.3, -0.25) is 0 Å². The van der Waals surface area contributed by atoms with Crippen molar-refractivity contribution in [2.45, 2.75) is 13.1 Å². The van der Waals surface area contributed by atoms with E-state index in [9.17, 15) is 0 Å². The molecule has 0 aliphatic carbocycles. The van der Waals surface area contributed by atoms with E-state index in [2.05, 4.69) is 52.6 Å². The van der Waals surface area contributed by atoms with Crippen LogP contribution in [0.5, 0.6) is 0 Å². The molecule has 0 bridgehead atoms. The quantitative estimate of drug-likeness (QED) is 0.871. The second-order valence-corrected chi connectivity index (χ2v) is 4.36. The highest BCUT2D eigenvalue weighted by Crippen LogP contribution is 2.13. The third kappa shape index (κ3) is 3.31. The zero-order valence-corrected chi connectivity index (χ0v) is 10.9. The third-order valence-corrected chi connectivity index (χ3v) is 2.80. The van der Waals surface area contributed by atoms with Crippen LogP contribution in [0.2, 0.25) is 0 Å². The molecular weight excluding hydrogens is 222 g/mol. The molecular formula is C15H19N3. The summed E-state index contributed by atoms with van der Waals surface area (Å²) in [5.74, 6) is 1.01. The monoisotopic (exact) mass is 241 g/mol. The Balaban J connectivity index is 2.08. The summed E-state index contributed by atoms with van der Waals surface area (Å²) in [6.45, 7) is 1.67. The molecule has 3 nitrogen and oxygen atoms in total. The van der Waals surface area contributed by atoms with Crippen LogP contribution in [-0.4, -0.2) is 19.1 Å². The first kappa shape index (κ1) is 12.6. The summed E-state index contributed by atoms with van der Waals surface area (Å²) >= 11 is 0. The summed E-state index contributed by atoms with van der Waals surface area (Å²) < 4.78 is 0. The number of benzene rings is 1. The summed E-state index contributed by atoms with van der Waals surface area (Å²) in [4.78, 5) is 6.78. The molecule has 2 rings (SSSR count). The van der Waals surface area contributed by atoms with E-state index in [0.29, 0.717) is 0 Å². The molecule has 3 heteroatoms. The van der Waals surface area contributed by atoms with E-state index in [4.69, 9.17) is 0 Å². The Kier molecular flexibility index (Phi) is 4.31. The second-order valence-electron chi connectivity index (χ2n) is 4.36. The van der Waals surface area contributed by atoms with Crippen LogP contribution in [0.4, 0.5) is 5.82 Å². The van der Waals surface area contributed by atoms with Gasteiger partial charge in [0.25, 0.3) is 0 Å². The molecule has 0 unspecified atom stereocenters. The van der Waals surface area contributed by atoms with Gasteiger partial charge in [-0.2, -0.15) is 0 Å². The van der Waals surface area contributed by atoms with Gasteiger partial charge in [0.15, 0.2) is 0 Å². The van der Waals surface area contributed by atoms with E-state index >= 15 is 0 Å². The number of rotatable bonds is 5. The molecule has 94 valence electrons. The van der Waals surface area contributed by atoms with Gasteiger partial charge in [0.1, 0.15) is 5.82 Å². The summed E-state index contributed by atoms with van der Waals surface area (Å²) in [5.41, 5.74) is 2.36. The lowest BCUT2D eigenvalue weighted by Crippen LogP contribution is -2.18. The van der Waals surface area contributed by atoms with Crippen molar-refractivity contribution >= 4 is 5.82 Å². The second kappa shape index (κ2) is 6.17. The highest BCUT2D eigenvalue weighted by molar-refractivity contribution is 5.39. The molecule has 0 atom stereocenters. The molecule has 1 heterocycles. The summed E-state index contributed by atoms with van der Waals surface area (Å²) in [6.07, 6.45) is 0. The molecule has 0 fully saturated rings. The molecule has 2 aromatic rings. The zero-order valence-electron chi connectivity index (χ0n) is 10.9. The van der Waals surface area contributed by atoms with E-state index in [1.165, 1.54) is 5.56 Å². The van der Waals surface area contributed by atoms with Gasteiger partial charge in [-0.1, -0.05) is 36.4 Å². The molecule has 1 aromatic carbocycles. The van der Waals surface area contributed by atoms with Crippen LogP contribution < -0.4 is 10.2 Å². The normalized spacial score (nSPS) is 10.3. The van der Waals surface area contributed by atoms with Gasteiger partial charge in [-0.05, 0) is 24.7 Å². The number of hydrogen-bond acceptors (Lipinski definition) is 3. The lowest BCUT2D eigenvalue weighted by Gasteiger charge is -2.18. The van der Waals surface area contributed by atoms with Crippen molar-refractivity contribution in [2.24, 2.45) is 0 Å². The maximum absolute atomic E-state index is 4.62.